The maximum absolute atomic E-state index is 12.7. The molecule has 0 fully saturated rings. The number of nitrogen functional groups attached to an aromatic ring is 1. The predicted molar refractivity (Wildman–Crippen MR) is 197 cm³/mol. The van der Waals surface area contributed by atoms with Crippen molar-refractivity contribution in [3.8, 4) is 5.75 Å². The molecule has 0 spiro atoms. The van der Waals surface area contributed by atoms with E-state index in [0.29, 0.717) is 12.1 Å². The number of aromatic hydroxyl groups is 1. The van der Waals surface area contributed by atoms with Crippen molar-refractivity contribution in [3.63, 3.8) is 0 Å². The molecule has 4 aromatic carbocycles. The summed E-state index contributed by atoms with van der Waals surface area (Å²) in [4.78, 5) is 8.73. The van der Waals surface area contributed by atoms with Crippen LogP contribution in [0.25, 0.3) is 10.8 Å². The Morgan fingerprint density at radius 3 is 1.89 bits per heavy atom. The number of anilines is 5. The number of phenolic OH excluding ortho intramolecular Hbond substituents is 1. The highest BCUT2D eigenvalue weighted by Crippen LogP contribution is 2.43. The molecule has 0 radical (unpaired) electrons. The average Bonchev–Trinajstić information content (AvgIpc) is 3.05. The highest BCUT2D eigenvalue weighted by atomic mass is 35.5. The maximum Gasteiger partial charge on any atom is 0.397 e. The number of aromatic nitrogens is 3. The fourth-order valence-electron chi connectivity index (χ4n) is 4.79. The van der Waals surface area contributed by atoms with Gasteiger partial charge < -0.3 is 21.5 Å². The van der Waals surface area contributed by atoms with Gasteiger partial charge in [0.15, 0.2) is 9.84 Å². The number of nitrogens with zero attached hydrogens (tertiary/aromatic N) is 5. The number of sulfone groups is 1. The van der Waals surface area contributed by atoms with Crippen molar-refractivity contribution in [1.29, 1.82) is 0 Å². The number of azo groups is 1. The van der Waals surface area contributed by atoms with Gasteiger partial charge in [0.25, 0.3) is 30.4 Å². The topological polar surface area (TPSA) is 395 Å². The van der Waals surface area contributed by atoms with E-state index in [2.05, 4.69) is 40.0 Å². The Kier molecular flexibility index (Phi) is 11.8. The van der Waals surface area contributed by atoms with E-state index in [4.69, 9.17) is 21.9 Å². The van der Waals surface area contributed by atoms with Crippen molar-refractivity contribution in [2.24, 2.45) is 10.2 Å². The fraction of sp³-hybridized carbons (Fsp3) is 0.0741. The zero-order chi connectivity index (χ0) is 42.3. The number of rotatable bonds is 14. The van der Waals surface area contributed by atoms with E-state index in [1.54, 1.807) is 0 Å². The highest BCUT2D eigenvalue weighted by Gasteiger charge is 2.25. The van der Waals surface area contributed by atoms with E-state index < -0.39 is 117 Å². The van der Waals surface area contributed by atoms with E-state index in [1.165, 1.54) is 18.2 Å². The molecule has 0 aliphatic heterocycles. The first-order valence-electron chi connectivity index (χ1n) is 14.7. The summed E-state index contributed by atoms with van der Waals surface area (Å²) in [7, 11) is -24.3. The maximum atomic E-state index is 12.7. The second-order valence-electron chi connectivity index (χ2n) is 11.1. The summed E-state index contributed by atoms with van der Waals surface area (Å²) in [5, 5.41) is 22.0. The number of nitrogens with two attached hydrogens (primary N) is 1. The highest BCUT2D eigenvalue weighted by molar-refractivity contribution is 7.91. The summed E-state index contributed by atoms with van der Waals surface area (Å²) < 4.78 is 161. The predicted octanol–water partition coefficient (Wildman–Crippen LogP) is 3.20. The Bertz CT molecular complexity index is 3060. The second kappa shape index (κ2) is 15.6. The first-order valence-corrected chi connectivity index (χ1v) is 22.4. The number of fused-ring (bicyclic) bond motifs is 1. The first-order chi connectivity index (χ1) is 26.2. The summed E-state index contributed by atoms with van der Waals surface area (Å²) >= 11 is 6.06. The summed E-state index contributed by atoms with van der Waals surface area (Å²) in [6.07, 6.45) is 0. The molecule has 304 valence electrons. The molecule has 9 N–H and O–H groups in total. The van der Waals surface area contributed by atoms with Gasteiger partial charge in [0, 0.05) is 22.8 Å². The third-order valence-corrected chi connectivity index (χ3v) is 12.0. The van der Waals surface area contributed by atoms with Crippen LogP contribution in [0.15, 0.2) is 90.5 Å². The van der Waals surface area contributed by atoms with Gasteiger partial charge >= 0.3 is 10.4 Å². The minimum Gasteiger partial charge on any atom is -0.507 e. The van der Waals surface area contributed by atoms with Crippen molar-refractivity contribution in [2.45, 2.75) is 19.6 Å². The number of phenols is 1. The Labute approximate surface area is 326 Å². The second-order valence-corrected chi connectivity index (χ2v) is 18.8. The monoisotopic (exact) mass is 910 g/mol. The minimum atomic E-state index is -5.26. The molecule has 0 bridgehead atoms. The van der Waals surface area contributed by atoms with Gasteiger partial charge in [0.2, 0.25) is 17.2 Å². The van der Waals surface area contributed by atoms with Crippen molar-refractivity contribution < 1.29 is 69.6 Å². The quantitative estimate of drug-likeness (QED) is 0.0450. The van der Waals surface area contributed by atoms with Crippen LogP contribution in [0, 0.1) is 0 Å². The number of hydrogen-bond donors (Lipinski definition) is 8. The number of benzene rings is 4. The normalized spacial score (nSPS) is 12.9. The van der Waals surface area contributed by atoms with Gasteiger partial charge in [-0.2, -0.15) is 48.6 Å². The molecule has 0 saturated carbocycles. The lowest BCUT2D eigenvalue weighted by molar-refractivity contribution is 0.284. The van der Waals surface area contributed by atoms with Gasteiger partial charge in [0.05, 0.1) is 27.8 Å². The summed E-state index contributed by atoms with van der Waals surface area (Å²) in [5.74, 6) is -2.29. The molecular formula is C27H23ClN8O16S5. The Balaban J connectivity index is 1.50. The Morgan fingerprint density at radius 2 is 1.32 bits per heavy atom. The third kappa shape index (κ3) is 10.6. The smallest absolute Gasteiger partial charge is 0.397 e. The molecule has 1 aromatic heterocycles. The lowest BCUT2D eigenvalue weighted by Crippen LogP contribution is -2.15. The van der Waals surface area contributed by atoms with Crippen LogP contribution >= 0.6 is 11.6 Å². The average molecular weight is 911 g/mol. The molecular weight excluding hydrogens is 888 g/mol. The molecule has 0 saturated heterocycles. The minimum absolute atomic E-state index is 0.0818. The molecule has 24 nitrogen and oxygen atoms in total. The molecule has 0 amide bonds. The van der Waals surface area contributed by atoms with E-state index in [1.807, 2.05) is 0 Å². The molecule has 57 heavy (non-hydrogen) atoms. The third-order valence-electron chi connectivity index (χ3n) is 7.13. The largest absolute Gasteiger partial charge is 0.507 e. The van der Waals surface area contributed by atoms with Crippen LogP contribution in [0.3, 0.4) is 0 Å². The van der Waals surface area contributed by atoms with E-state index in [0.717, 1.165) is 30.3 Å². The van der Waals surface area contributed by atoms with Gasteiger partial charge in [-0.15, -0.1) is 10.2 Å². The van der Waals surface area contributed by atoms with Crippen molar-refractivity contribution in [1.82, 2.24) is 15.0 Å². The molecule has 0 unspecified atom stereocenters. The Hall–Kier alpha value is -5.21. The SMILES string of the molecule is Nc1c(N=Nc2cc(Nc3nc(Cl)nc(Nc4cccc(S(=O)(=O)CCOS(=O)(=O)O)c4)n3)ccc2S(=O)(=O)O)c(S(=O)(=O)O)cc2cc(S(=O)(=O)O)cc(O)c12. The van der Waals surface area contributed by atoms with Gasteiger partial charge in [-0.3, -0.25) is 18.2 Å². The van der Waals surface area contributed by atoms with Crippen LogP contribution in [0.1, 0.15) is 0 Å². The fourth-order valence-corrected chi connectivity index (χ4v) is 8.29. The van der Waals surface area contributed by atoms with E-state index in [-0.39, 0.29) is 28.2 Å². The van der Waals surface area contributed by atoms with E-state index >= 15 is 0 Å². The summed E-state index contributed by atoms with van der Waals surface area (Å²) in [6.45, 7) is -0.873. The molecule has 5 rings (SSSR count). The Morgan fingerprint density at radius 1 is 0.702 bits per heavy atom. The van der Waals surface area contributed by atoms with E-state index in [9.17, 15) is 60.9 Å². The number of nitrogens with one attached hydrogen (secondary N) is 2. The van der Waals surface area contributed by atoms with Crippen LogP contribution < -0.4 is 16.4 Å². The lowest BCUT2D eigenvalue weighted by atomic mass is 10.1. The van der Waals surface area contributed by atoms with Crippen LogP contribution in [0.5, 0.6) is 5.75 Å². The molecule has 0 aliphatic rings. The standard InChI is InChI=1S/C27H23ClN8O16S5/c28-25-32-26(30-14-2-1-3-16(10-14)53(38,39)7-6-52-57(49,50)51)34-27(33-25)31-15-4-5-20(55(43,44)45)18(11-15)35-36-24-21(56(46,47)48)9-13-8-17(54(40,41)42)12-19(37)22(13)23(24)29/h1-5,8-12,37H,6-7,29H2,(H,40,41,42)(H,43,44,45)(H,46,47,48)(H,49,50,51)(H2,30,31,32,33,34). The molecule has 1 heterocycles. The van der Waals surface area contributed by atoms with Crippen LogP contribution in [0.4, 0.5) is 40.3 Å². The molecule has 0 atom stereocenters. The molecule has 5 aromatic rings. The van der Waals surface area contributed by atoms with Crippen molar-refractivity contribution in [2.75, 3.05) is 28.7 Å². The zero-order valence-electron chi connectivity index (χ0n) is 27.6. The molecule has 0 aliphatic carbocycles. The van der Waals surface area contributed by atoms with Gasteiger partial charge in [-0.25, -0.2) is 12.6 Å². The number of hydrogen-bond acceptors (Lipinski definition) is 20. The van der Waals surface area contributed by atoms with Crippen molar-refractivity contribution in [3.05, 3.63) is 65.9 Å². The van der Waals surface area contributed by atoms with Crippen molar-refractivity contribution >= 4 is 113 Å². The summed E-state index contributed by atoms with van der Waals surface area (Å²) in [6, 6.07) is 9.86. The first kappa shape index (κ1) is 42.9. The van der Waals surface area contributed by atoms with Crippen LogP contribution in [0.2, 0.25) is 5.28 Å². The lowest BCUT2D eigenvalue weighted by Gasteiger charge is -2.12. The summed E-state index contributed by atoms with van der Waals surface area (Å²) in [5.41, 5.74) is 3.80. The molecule has 30 heteroatoms. The number of halogens is 1. The van der Waals surface area contributed by atoms with Crippen LogP contribution in [-0.2, 0) is 54.8 Å². The van der Waals surface area contributed by atoms with Gasteiger partial charge in [-0.1, -0.05) is 6.07 Å². The van der Waals surface area contributed by atoms with Crippen LogP contribution in [-0.4, -0.2) is 92.7 Å². The zero-order valence-corrected chi connectivity index (χ0v) is 32.5. The van der Waals surface area contributed by atoms with Gasteiger partial charge in [0.1, 0.15) is 26.9 Å². The van der Waals surface area contributed by atoms with Gasteiger partial charge in [-0.05, 0) is 65.5 Å².